The number of rotatable bonds is 5. The van der Waals surface area contributed by atoms with Gasteiger partial charge in [-0.15, -0.1) is 0 Å². The van der Waals surface area contributed by atoms with Crippen molar-refractivity contribution in [3.8, 4) is 29.0 Å². The Morgan fingerprint density at radius 3 is 2.43 bits per heavy atom. The van der Waals surface area contributed by atoms with E-state index in [1.807, 2.05) is 73.7 Å². The minimum absolute atomic E-state index is 0.0414. The Labute approximate surface area is 212 Å². The summed E-state index contributed by atoms with van der Waals surface area (Å²) in [4.78, 5) is 22.3. The minimum atomic E-state index is -0.419. The molecule has 8 heteroatoms. The zero-order chi connectivity index (χ0) is 25.9. The van der Waals surface area contributed by atoms with Gasteiger partial charge in [-0.3, -0.25) is 9.36 Å². The molecule has 2 heterocycles. The van der Waals surface area contributed by atoms with E-state index in [9.17, 15) is 15.3 Å². The number of nitrogen functional groups attached to an aromatic ring is 1. The number of nitriles is 2. The summed E-state index contributed by atoms with van der Waals surface area (Å²) in [5.74, 6) is 0.334. The molecule has 0 saturated heterocycles. The van der Waals surface area contributed by atoms with Gasteiger partial charge < -0.3 is 11.1 Å². The van der Waals surface area contributed by atoms with Crippen molar-refractivity contribution in [3.63, 3.8) is 0 Å². The summed E-state index contributed by atoms with van der Waals surface area (Å²) in [7, 11) is 0. The molecule has 0 radical (unpaired) electrons. The second kappa shape index (κ2) is 9.65. The molecule has 0 bridgehead atoms. The highest BCUT2D eigenvalue weighted by Gasteiger charge is 2.20. The maximum Gasteiger partial charge on any atom is 0.263 e. The Bertz CT molecular complexity index is 1760. The quantitative estimate of drug-likeness (QED) is 0.361. The van der Waals surface area contributed by atoms with E-state index in [0.29, 0.717) is 28.1 Å². The molecule has 0 unspecified atom stereocenters. The van der Waals surface area contributed by atoms with E-state index in [1.165, 1.54) is 6.20 Å². The van der Waals surface area contributed by atoms with Gasteiger partial charge in [0, 0.05) is 11.4 Å². The van der Waals surface area contributed by atoms with Crippen molar-refractivity contribution >= 4 is 22.5 Å². The normalized spacial score (nSPS) is 11.4. The Balaban J connectivity index is 1.74. The molecular weight excluding hydrogens is 462 g/mol. The van der Waals surface area contributed by atoms with Crippen molar-refractivity contribution in [2.24, 2.45) is 0 Å². The first-order valence-electron chi connectivity index (χ1n) is 11.5. The van der Waals surface area contributed by atoms with Gasteiger partial charge in [0.05, 0.1) is 29.3 Å². The molecule has 0 saturated carbocycles. The van der Waals surface area contributed by atoms with Gasteiger partial charge in [-0.1, -0.05) is 48.5 Å². The van der Waals surface area contributed by atoms with E-state index in [1.54, 1.807) is 16.7 Å². The van der Waals surface area contributed by atoms with Crippen LogP contribution >= 0.6 is 0 Å². The monoisotopic (exact) mass is 483 g/mol. The average Bonchev–Trinajstić information content (AvgIpc) is 2.93. The Kier molecular flexibility index (Phi) is 6.07. The lowest BCUT2D eigenvalue weighted by Crippen LogP contribution is -2.26. The summed E-state index contributed by atoms with van der Waals surface area (Å²) in [5, 5.41) is 23.2. The molecule has 0 aliphatic rings. The number of benzene rings is 3. The second-order valence-electron chi connectivity index (χ2n) is 8.47. The predicted molar refractivity (Wildman–Crippen MR) is 143 cm³/mol. The van der Waals surface area contributed by atoms with Gasteiger partial charge in [0.25, 0.3) is 5.56 Å². The van der Waals surface area contributed by atoms with Crippen LogP contribution < -0.4 is 16.6 Å². The van der Waals surface area contributed by atoms with Crippen LogP contribution in [0, 0.1) is 22.7 Å². The number of para-hydroxylation sites is 1. The molecule has 3 N–H and O–H groups in total. The molecule has 5 aromatic rings. The van der Waals surface area contributed by atoms with Crippen LogP contribution in [-0.2, 0) is 0 Å². The lowest BCUT2D eigenvalue weighted by Gasteiger charge is -2.22. The Hall–Kier alpha value is -5.47. The van der Waals surface area contributed by atoms with Crippen LogP contribution in [0.25, 0.3) is 27.6 Å². The van der Waals surface area contributed by atoms with Gasteiger partial charge in [0.15, 0.2) is 0 Å². The molecule has 8 nitrogen and oxygen atoms in total. The molecule has 1 atom stereocenters. The maximum absolute atomic E-state index is 14.2. The first-order valence-corrected chi connectivity index (χ1v) is 11.5. The summed E-state index contributed by atoms with van der Waals surface area (Å²) >= 11 is 0. The van der Waals surface area contributed by atoms with Crippen molar-refractivity contribution in [2.75, 3.05) is 11.1 Å². The summed E-state index contributed by atoms with van der Waals surface area (Å²) in [6.45, 7) is 1.89. The Morgan fingerprint density at radius 2 is 1.73 bits per heavy atom. The van der Waals surface area contributed by atoms with Crippen molar-refractivity contribution < 1.29 is 0 Å². The fourth-order valence-corrected chi connectivity index (χ4v) is 4.38. The number of pyridine rings is 1. The summed E-state index contributed by atoms with van der Waals surface area (Å²) in [5.41, 5.74) is 9.38. The highest BCUT2D eigenvalue weighted by molar-refractivity contribution is 5.96. The average molecular weight is 484 g/mol. The van der Waals surface area contributed by atoms with Gasteiger partial charge in [0.2, 0.25) is 5.95 Å². The SMILES string of the molecule is C[C@H](Nc1nc(N)ncc1C#N)c1cc2cccc(-c3ccc(C#N)cc3)c2c(=O)n1-c1ccccc1. The van der Waals surface area contributed by atoms with E-state index >= 15 is 0 Å². The molecule has 0 aliphatic carbocycles. The molecule has 0 amide bonds. The summed E-state index contributed by atoms with van der Waals surface area (Å²) < 4.78 is 1.67. The number of nitrogens with zero attached hydrogens (tertiary/aromatic N) is 5. The fourth-order valence-electron chi connectivity index (χ4n) is 4.38. The zero-order valence-corrected chi connectivity index (χ0v) is 19.9. The number of aromatic nitrogens is 3. The van der Waals surface area contributed by atoms with Gasteiger partial charge in [-0.05, 0) is 53.8 Å². The standard InChI is InChI=1S/C29H21N7O/c1-18(34-27-22(16-31)17-33-29(32)35-27)25-14-21-6-5-9-24(20-12-10-19(15-30)11-13-20)26(21)28(37)36(25)23-7-3-2-4-8-23/h2-14,17-18H,1H3,(H3,32,33,34,35)/t18-/m0/s1. The molecule has 0 spiro atoms. The highest BCUT2D eigenvalue weighted by atomic mass is 16.1. The Morgan fingerprint density at radius 1 is 0.973 bits per heavy atom. The molecule has 0 fully saturated rings. The zero-order valence-electron chi connectivity index (χ0n) is 19.9. The third-order valence-electron chi connectivity index (χ3n) is 6.14. The fraction of sp³-hybridized carbons (Fsp3) is 0.0690. The lowest BCUT2D eigenvalue weighted by molar-refractivity contribution is 0.772. The second-order valence-corrected chi connectivity index (χ2v) is 8.47. The van der Waals surface area contributed by atoms with Crippen LogP contribution in [0.3, 0.4) is 0 Å². The summed E-state index contributed by atoms with van der Waals surface area (Å²) in [6, 6.07) is 28.0. The van der Waals surface area contributed by atoms with E-state index in [4.69, 9.17) is 5.73 Å². The van der Waals surface area contributed by atoms with Gasteiger partial charge in [-0.25, -0.2) is 4.98 Å². The lowest BCUT2D eigenvalue weighted by atomic mass is 9.97. The third-order valence-corrected chi connectivity index (χ3v) is 6.14. The highest BCUT2D eigenvalue weighted by Crippen LogP contribution is 2.30. The third kappa shape index (κ3) is 4.36. The first kappa shape index (κ1) is 23.3. The van der Waals surface area contributed by atoms with Crippen LogP contribution in [0.15, 0.2) is 89.9 Å². The van der Waals surface area contributed by atoms with Crippen LogP contribution in [0.5, 0.6) is 0 Å². The van der Waals surface area contributed by atoms with Crippen LogP contribution in [0.2, 0.25) is 0 Å². The van der Waals surface area contributed by atoms with Crippen molar-refractivity contribution in [1.29, 1.82) is 10.5 Å². The largest absolute Gasteiger partial charge is 0.368 e. The molecule has 0 aliphatic heterocycles. The topological polar surface area (TPSA) is 133 Å². The van der Waals surface area contributed by atoms with Crippen molar-refractivity contribution in [2.45, 2.75) is 13.0 Å². The molecule has 37 heavy (non-hydrogen) atoms. The van der Waals surface area contributed by atoms with Gasteiger partial charge in [-0.2, -0.15) is 15.5 Å². The van der Waals surface area contributed by atoms with E-state index in [0.717, 1.165) is 16.5 Å². The molecule has 2 aromatic heterocycles. The summed E-state index contributed by atoms with van der Waals surface area (Å²) in [6.07, 6.45) is 1.37. The molecule has 3 aromatic carbocycles. The van der Waals surface area contributed by atoms with Gasteiger partial charge in [0.1, 0.15) is 17.5 Å². The van der Waals surface area contributed by atoms with Crippen LogP contribution in [0.4, 0.5) is 11.8 Å². The van der Waals surface area contributed by atoms with Gasteiger partial charge >= 0.3 is 0 Å². The molecular formula is C29H21N7O. The number of nitrogens with two attached hydrogens (primary N) is 1. The molecule has 178 valence electrons. The maximum atomic E-state index is 14.2. The number of hydrogen-bond acceptors (Lipinski definition) is 7. The van der Waals surface area contributed by atoms with Crippen LogP contribution in [-0.4, -0.2) is 14.5 Å². The van der Waals surface area contributed by atoms with Crippen molar-refractivity contribution in [1.82, 2.24) is 14.5 Å². The number of hydrogen-bond donors (Lipinski definition) is 2. The first-order chi connectivity index (χ1) is 18.0. The smallest absolute Gasteiger partial charge is 0.263 e. The van der Waals surface area contributed by atoms with Crippen molar-refractivity contribution in [3.05, 3.63) is 112 Å². The number of fused-ring (bicyclic) bond motifs is 1. The van der Waals surface area contributed by atoms with E-state index in [2.05, 4.69) is 27.4 Å². The van der Waals surface area contributed by atoms with E-state index < -0.39 is 6.04 Å². The number of anilines is 2. The predicted octanol–water partition coefficient (Wildman–Crippen LogP) is 4.95. The minimum Gasteiger partial charge on any atom is -0.368 e. The number of nitrogens with one attached hydrogen (secondary N) is 1. The van der Waals surface area contributed by atoms with Crippen LogP contribution in [0.1, 0.15) is 29.8 Å². The molecule has 5 rings (SSSR count). The van der Waals surface area contributed by atoms with E-state index in [-0.39, 0.29) is 17.1 Å².